The van der Waals surface area contributed by atoms with E-state index < -0.39 is 0 Å². The van der Waals surface area contributed by atoms with Gasteiger partial charge in [0, 0.05) is 31.4 Å². The van der Waals surface area contributed by atoms with Gasteiger partial charge in [-0.2, -0.15) is 5.10 Å². The minimum atomic E-state index is 0.381. The summed E-state index contributed by atoms with van der Waals surface area (Å²) in [6.45, 7) is 7.76. The van der Waals surface area contributed by atoms with Gasteiger partial charge in [0.2, 0.25) is 0 Å². The van der Waals surface area contributed by atoms with E-state index in [9.17, 15) is 0 Å². The first-order valence-corrected chi connectivity index (χ1v) is 5.64. The molecule has 1 rings (SSSR count). The van der Waals surface area contributed by atoms with Crippen LogP contribution in [0, 0.1) is 0 Å². The van der Waals surface area contributed by atoms with Crippen molar-refractivity contribution in [1.82, 2.24) is 20.4 Å². The summed E-state index contributed by atoms with van der Waals surface area (Å²) in [5.74, 6) is 0.848. The third-order valence-corrected chi connectivity index (χ3v) is 1.95. The molecule has 0 unspecified atom stereocenters. The molecule has 2 N–H and O–H groups in total. The molecule has 0 atom stereocenters. The van der Waals surface area contributed by atoms with Crippen molar-refractivity contribution in [2.45, 2.75) is 33.4 Å². The Balaban J connectivity index is 2.56. The minimum Gasteiger partial charge on any atom is -0.357 e. The molecule has 0 radical (unpaired) electrons. The lowest BCUT2D eigenvalue weighted by molar-refractivity contribution is 0.700. The summed E-state index contributed by atoms with van der Waals surface area (Å²) >= 11 is 0. The van der Waals surface area contributed by atoms with E-state index in [2.05, 4.69) is 41.5 Å². The second-order valence-electron chi connectivity index (χ2n) is 4.02. The smallest absolute Gasteiger partial charge is 0.191 e. The second-order valence-corrected chi connectivity index (χ2v) is 4.02. The number of rotatable bonds is 4. The molecule has 0 fully saturated rings. The molecule has 0 spiro atoms. The lowest BCUT2D eigenvalue weighted by Gasteiger charge is -2.13. The SMILES string of the molecule is CCNC(=NCc1cnn(C)c1)NC(C)C. The van der Waals surface area contributed by atoms with Gasteiger partial charge in [0.15, 0.2) is 5.96 Å². The monoisotopic (exact) mass is 223 g/mol. The van der Waals surface area contributed by atoms with Crippen LogP contribution in [0.2, 0.25) is 0 Å². The van der Waals surface area contributed by atoms with Crippen molar-refractivity contribution in [2.24, 2.45) is 12.0 Å². The van der Waals surface area contributed by atoms with Crippen LogP contribution in [0.5, 0.6) is 0 Å². The first-order chi connectivity index (χ1) is 7.61. The lowest BCUT2D eigenvalue weighted by Crippen LogP contribution is -2.40. The zero-order valence-electron chi connectivity index (χ0n) is 10.5. The van der Waals surface area contributed by atoms with Gasteiger partial charge in [-0.05, 0) is 20.8 Å². The molecule has 1 aromatic heterocycles. The van der Waals surface area contributed by atoms with E-state index >= 15 is 0 Å². The molecule has 0 saturated carbocycles. The van der Waals surface area contributed by atoms with Crippen molar-refractivity contribution in [3.8, 4) is 0 Å². The van der Waals surface area contributed by atoms with Crippen molar-refractivity contribution in [1.29, 1.82) is 0 Å². The van der Waals surface area contributed by atoms with Crippen LogP contribution in [0.15, 0.2) is 17.4 Å². The Kier molecular flexibility index (Phi) is 4.82. The van der Waals surface area contributed by atoms with Crippen LogP contribution in [0.1, 0.15) is 26.3 Å². The summed E-state index contributed by atoms with van der Waals surface area (Å²) in [6.07, 6.45) is 3.81. The largest absolute Gasteiger partial charge is 0.357 e. The Labute approximate surface area is 97.0 Å². The molecule has 90 valence electrons. The number of guanidine groups is 1. The molecule has 5 nitrogen and oxygen atoms in total. The Bertz CT molecular complexity index is 340. The molecule has 0 aromatic carbocycles. The zero-order chi connectivity index (χ0) is 12.0. The molecule has 0 saturated heterocycles. The maximum absolute atomic E-state index is 4.48. The number of hydrogen-bond donors (Lipinski definition) is 2. The van der Waals surface area contributed by atoms with Gasteiger partial charge in [0.25, 0.3) is 0 Å². The van der Waals surface area contributed by atoms with Gasteiger partial charge < -0.3 is 10.6 Å². The first kappa shape index (κ1) is 12.5. The van der Waals surface area contributed by atoms with E-state index in [1.54, 1.807) is 4.68 Å². The third kappa shape index (κ3) is 4.33. The molecule has 0 amide bonds. The topological polar surface area (TPSA) is 54.2 Å². The lowest BCUT2D eigenvalue weighted by atomic mass is 10.4. The fourth-order valence-corrected chi connectivity index (χ4v) is 1.32. The average Bonchev–Trinajstić information content (AvgIpc) is 2.60. The number of aryl methyl sites for hydroxylation is 1. The molecule has 1 heterocycles. The normalized spacial score (nSPS) is 11.9. The summed E-state index contributed by atoms with van der Waals surface area (Å²) < 4.78 is 1.79. The summed E-state index contributed by atoms with van der Waals surface area (Å²) in [7, 11) is 1.91. The van der Waals surface area contributed by atoms with Gasteiger partial charge in [-0.25, -0.2) is 4.99 Å². The molecule has 0 aliphatic carbocycles. The molecule has 0 aliphatic rings. The Morgan fingerprint density at radius 1 is 1.56 bits per heavy atom. The van der Waals surface area contributed by atoms with Crippen LogP contribution in [-0.4, -0.2) is 28.3 Å². The number of nitrogens with zero attached hydrogens (tertiary/aromatic N) is 3. The van der Waals surface area contributed by atoms with E-state index in [-0.39, 0.29) is 0 Å². The molecular formula is C11H21N5. The van der Waals surface area contributed by atoms with Crippen LogP contribution in [-0.2, 0) is 13.6 Å². The van der Waals surface area contributed by atoms with Crippen LogP contribution < -0.4 is 10.6 Å². The standard InChI is InChI=1S/C11H21N5/c1-5-12-11(15-9(2)3)13-6-10-7-14-16(4)8-10/h7-9H,5-6H2,1-4H3,(H2,12,13,15). The number of hydrogen-bond acceptors (Lipinski definition) is 2. The van der Waals surface area contributed by atoms with Crippen molar-refractivity contribution in [2.75, 3.05) is 6.54 Å². The average molecular weight is 223 g/mol. The van der Waals surface area contributed by atoms with Crippen molar-refractivity contribution in [3.05, 3.63) is 18.0 Å². The number of nitrogens with one attached hydrogen (secondary N) is 2. The van der Waals surface area contributed by atoms with Gasteiger partial charge in [-0.1, -0.05) is 0 Å². The van der Waals surface area contributed by atoms with E-state index in [1.165, 1.54) is 0 Å². The predicted molar refractivity (Wildman–Crippen MR) is 66.3 cm³/mol. The van der Waals surface area contributed by atoms with Crippen molar-refractivity contribution >= 4 is 5.96 Å². The maximum Gasteiger partial charge on any atom is 0.191 e. The Morgan fingerprint density at radius 3 is 2.81 bits per heavy atom. The molecule has 0 aliphatic heterocycles. The van der Waals surface area contributed by atoms with Gasteiger partial charge >= 0.3 is 0 Å². The fraction of sp³-hybridized carbons (Fsp3) is 0.636. The van der Waals surface area contributed by atoms with E-state index in [0.29, 0.717) is 12.6 Å². The molecule has 0 bridgehead atoms. The van der Waals surface area contributed by atoms with Gasteiger partial charge in [0.05, 0.1) is 12.7 Å². The van der Waals surface area contributed by atoms with Gasteiger partial charge in [0.1, 0.15) is 0 Å². The summed E-state index contributed by atoms with van der Waals surface area (Å²) in [4.78, 5) is 4.48. The van der Waals surface area contributed by atoms with Crippen LogP contribution in [0.3, 0.4) is 0 Å². The molecule has 1 aromatic rings. The quantitative estimate of drug-likeness (QED) is 0.588. The Hall–Kier alpha value is -1.52. The fourth-order valence-electron chi connectivity index (χ4n) is 1.32. The van der Waals surface area contributed by atoms with Crippen LogP contribution >= 0.6 is 0 Å². The number of aromatic nitrogens is 2. The first-order valence-electron chi connectivity index (χ1n) is 5.64. The summed E-state index contributed by atoms with van der Waals surface area (Å²) in [5.41, 5.74) is 1.11. The maximum atomic E-state index is 4.48. The van der Waals surface area contributed by atoms with Crippen molar-refractivity contribution < 1.29 is 0 Å². The van der Waals surface area contributed by atoms with E-state index in [1.807, 2.05) is 19.4 Å². The van der Waals surface area contributed by atoms with E-state index in [4.69, 9.17) is 0 Å². The summed E-state index contributed by atoms with van der Waals surface area (Å²) in [5, 5.41) is 10.6. The third-order valence-electron chi connectivity index (χ3n) is 1.95. The van der Waals surface area contributed by atoms with Crippen LogP contribution in [0.4, 0.5) is 0 Å². The molecule has 16 heavy (non-hydrogen) atoms. The van der Waals surface area contributed by atoms with Gasteiger partial charge in [-0.3, -0.25) is 4.68 Å². The Morgan fingerprint density at radius 2 is 2.31 bits per heavy atom. The molecular weight excluding hydrogens is 202 g/mol. The van der Waals surface area contributed by atoms with Crippen LogP contribution in [0.25, 0.3) is 0 Å². The highest BCUT2D eigenvalue weighted by atomic mass is 15.2. The second kappa shape index (κ2) is 6.15. The number of aliphatic imine (C=N–C) groups is 1. The minimum absolute atomic E-state index is 0.381. The van der Waals surface area contributed by atoms with Crippen molar-refractivity contribution in [3.63, 3.8) is 0 Å². The summed E-state index contributed by atoms with van der Waals surface area (Å²) in [6, 6.07) is 0.381. The highest BCUT2D eigenvalue weighted by molar-refractivity contribution is 5.79. The van der Waals surface area contributed by atoms with Gasteiger partial charge in [-0.15, -0.1) is 0 Å². The molecule has 5 heteroatoms. The zero-order valence-corrected chi connectivity index (χ0v) is 10.5. The van der Waals surface area contributed by atoms with E-state index in [0.717, 1.165) is 18.1 Å². The predicted octanol–water partition coefficient (Wildman–Crippen LogP) is 0.884. The highest BCUT2D eigenvalue weighted by Crippen LogP contribution is 1.98. The highest BCUT2D eigenvalue weighted by Gasteiger charge is 2.00.